The highest BCUT2D eigenvalue weighted by Gasteiger charge is 2.12. The Hall–Kier alpha value is -2.93. The lowest BCUT2D eigenvalue weighted by atomic mass is 10.2. The first-order valence-electron chi connectivity index (χ1n) is 7.68. The first-order valence-corrected chi connectivity index (χ1v) is 8.50. The number of hydrogen-bond donors (Lipinski definition) is 1. The molecule has 0 unspecified atom stereocenters. The second-order valence-electron chi connectivity index (χ2n) is 5.32. The molecule has 0 saturated heterocycles. The van der Waals surface area contributed by atoms with Crippen LogP contribution in [0.3, 0.4) is 0 Å². The van der Waals surface area contributed by atoms with E-state index < -0.39 is 0 Å². The van der Waals surface area contributed by atoms with Crippen LogP contribution in [0, 0.1) is 0 Å². The average Bonchev–Trinajstić information content (AvgIpc) is 3.29. The lowest BCUT2D eigenvalue weighted by Gasteiger charge is -2.05. The van der Waals surface area contributed by atoms with Crippen molar-refractivity contribution in [3.05, 3.63) is 65.2 Å². The molecule has 0 aliphatic heterocycles. The molecule has 2 heterocycles. The molecule has 2 aromatic heterocycles. The molecule has 128 valence electrons. The fourth-order valence-electron chi connectivity index (χ4n) is 2.27. The standard InChI is InChI=1S/C18H17N3O3S/c1-24-18(23)16-8-7-15(25-16)14-9-10-21(20-14)12-17(22)19-11-13-5-3-2-4-6-13/h2-10H,11-12H2,1H3,(H,19,22). The van der Waals surface area contributed by atoms with Gasteiger partial charge in [-0.1, -0.05) is 30.3 Å². The van der Waals surface area contributed by atoms with Crippen LogP contribution >= 0.6 is 11.3 Å². The van der Waals surface area contributed by atoms with Crippen LogP contribution in [-0.2, 0) is 22.6 Å². The minimum atomic E-state index is -0.365. The molecule has 0 spiro atoms. The van der Waals surface area contributed by atoms with Gasteiger partial charge in [0.05, 0.1) is 12.0 Å². The van der Waals surface area contributed by atoms with E-state index in [1.807, 2.05) is 42.5 Å². The summed E-state index contributed by atoms with van der Waals surface area (Å²) in [6.45, 7) is 0.628. The Labute approximate surface area is 149 Å². The molecule has 0 fully saturated rings. The van der Waals surface area contributed by atoms with Crippen molar-refractivity contribution in [2.75, 3.05) is 7.11 Å². The highest BCUT2D eigenvalue weighted by Crippen LogP contribution is 2.27. The van der Waals surface area contributed by atoms with Crippen LogP contribution in [0.15, 0.2) is 54.7 Å². The van der Waals surface area contributed by atoms with Gasteiger partial charge in [0.15, 0.2) is 0 Å². The summed E-state index contributed by atoms with van der Waals surface area (Å²) in [6, 6.07) is 15.1. The third-order valence-electron chi connectivity index (χ3n) is 3.52. The Bertz CT molecular complexity index is 871. The van der Waals surface area contributed by atoms with Crippen LogP contribution < -0.4 is 5.32 Å². The predicted octanol–water partition coefficient (Wildman–Crippen LogP) is 2.71. The van der Waals surface area contributed by atoms with Crippen molar-refractivity contribution in [3.63, 3.8) is 0 Å². The largest absolute Gasteiger partial charge is 0.465 e. The maximum absolute atomic E-state index is 12.0. The van der Waals surface area contributed by atoms with Gasteiger partial charge in [0.25, 0.3) is 0 Å². The summed E-state index contributed by atoms with van der Waals surface area (Å²) in [7, 11) is 1.35. The van der Waals surface area contributed by atoms with Crippen LogP contribution in [0.2, 0.25) is 0 Å². The molecule has 1 N–H and O–H groups in total. The van der Waals surface area contributed by atoms with Gasteiger partial charge in [-0.25, -0.2) is 4.79 Å². The highest BCUT2D eigenvalue weighted by molar-refractivity contribution is 7.17. The van der Waals surface area contributed by atoms with E-state index in [-0.39, 0.29) is 18.4 Å². The maximum Gasteiger partial charge on any atom is 0.348 e. The molecule has 3 aromatic rings. The fourth-order valence-corrected chi connectivity index (χ4v) is 3.16. The van der Waals surface area contributed by atoms with Gasteiger partial charge in [0.2, 0.25) is 5.91 Å². The first-order chi connectivity index (χ1) is 12.2. The van der Waals surface area contributed by atoms with Crippen molar-refractivity contribution in [2.24, 2.45) is 0 Å². The average molecular weight is 355 g/mol. The zero-order valence-electron chi connectivity index (χ0n) is 13.6. The van der Waals surface area contributed by atoms with E-state index in [1.54, 1.807) is 16.9 Å². The van der Waals surface area contributed by atoms with Gasteiger partial charge in [0, 0.05) is 12.7 Å². The predicted molar refractivity (Wildman–Crippen MR) is 95.2 cm³/mol. The third-order valence-corrected chi connectivity index (χ3v) is 4.61. The van der Waals surface area contributed by atoms with Crippen molar-refractivity contribution in [1.82, 2.24) is 15.1 Å². The molecule has 0 atom stereocenters. The van der Waals surface area contributed by atoms with Gasteiger partial charge in [-0.2, -0.15) is 5.10 Å². The number of nitrogens with zero attached hydrogens (tertiary/aromatic N) is 2. The van der Waals surface area contributed by atoms with Crippen LogP contribution in [0.1, 0.15) is 15.2 Å². The van der Waals surface area contributed by atoms with Crippen molar-refractivity contribution in [1.29, 1.82) is 0 Å². The zero-order valence-corrected chi connectivity index (χ0v) is 14.5. The number of benzene rings is 1. The molecule has 3 rings (SSSR count). The monoisotopic (exact) mass is 355 g/mol. The van der Waals surface area contributed by atoms with Gasteiger partial charge in [-0.3, -0.25) is 9.48 Å². The molecule has 6 nitrogen and oxygen atoms in total. The minimum Gasteiger partial charge on any atom is -0.465 e. The van der Waals surface area contributed by atoms with Crippen LogP contribution in [0.4, 0.5) is 0 Å². The fraction of sp³-hybridized carbons (Fsp3) is 0.167. The summed E-state index contributed by atoms with van der Waals surface area (Å²) >= 11 is 1.31. The lowest BCUT2D eigenvalue weighted by Crippen LogP contribution is -2.27. The first kappa shape index (κ1) is 16.9. The molecule has 1 amide bonds. The smallest absolute Gasteiger partial charge is 0.348 e. The topological polar surface area (TPSA) is 73.2 Å². The van der Waals surface area contributed by atoms with Gasteiger partial charge in [-0.15, -0.1) is 11.3 Å². The summed E-state index contributed by atoms with van der Waals surface area (Å²) in [6.07, 6.45) is 1.75. The Morgan fingerprint density at radius 1 is 1.16 bits per heavy atom. The zero-order chi connectivity index (χ0) is 17.6. The Morgan fingerprint density at radius 3 is 2.72 bits per heavy atom. The van der Waals surface area contributed by atoms with Crippen LogP contribution in [-0.4, -0.2) is 28.8 Å². The van der Waals surface area contributed by atoms with Gasteiger partial charge in [-0.05, 0) is 23.8 Å². The number of methoxy groups -OCH3 is 1. The van der Waals surface area contributed by atoms with E-state index in [4.69, 9.17) is 4.74 Å². The van der Waals surface area contributed by atoms with E-state index in [0.717, 1.165) is 16.1 Å². The molecule has 7 heteroatoms. The van der Waals surface area contributed by atoms with Crippen LogP contribution in [0.5, 0.6) is 0 Å². The molecule has 0 saturated carbocycles. The second kappa shape index (κ2) is 7.76. The SMILES string of the molecule is COC(=O)c1ccc(-c2ccn(CC(=O)NCc3ccccc3)n2)s1. The molecule has 25 heavy (non-hydrogen) atoms. The number of esters is 1. The number of nitrogens with one attached hydrogen (secondary N) is 1. The minimum absolute atomic E-state index is 0.111. The lowest BCUT2D eigenvalue weighted by molar-refractivity contribution is -0.122. The Kier molecular flexibility index (Phi) is 5.25. The molecular weight excluding hydrogens is 338 g/mol. The third kappa shape index (κ3) is 4.33. The number of aromatic nitrogens is 2. The molecule has 0 radical (unpaired) electrons. The summed E-state index contributed by atoms with van der Waals surface area (Å²) < 4.78 is 6.28. The Morgan fingerprint density at radius 2 is 1.96 bits per heavy atom. The summed E-state index contributed by atoms with van der Waals surface area (Å²) in [5.41, 5.74) is 1.77. The number of rotatable bonds is 6. The number of hydrogen-bond acceptors (Lipinski definition) is 5. The van der Waals surface area contributed by atoms with Crippen molar-refractivity contribution in [3.8, 4) is 10.6 Å². The van der Waals surface area contributed by atoms with Gasteiger partial charge in [0.1, 0.15) is 17.1 Å². The number of thiophene rings is 1. The summed E-state index contributed by atoms with van der Waals surface area (Å²) in [5, 5.41) is 7.25. The quantitative estimate of drug-likeness (QED) is 0.690. The summed E-state index contributed by atoms with van der Waals surface area (Å²) in [5.74, 6) is -0.476. The normalized spacial score (nSPS) is 10.4. The van der Waals surface area contributed by atoms with E-state index in [9.17, 15) is 9.59 Å². The molecule has 0 aliphatic rings. The Balaban J connectivity index is 1.58. The highest BCUT2D eigenvalue weighted by atomic mass is 32.1. The van der Waals surface area contributed by atoms with Gasteiger partial charge < -0.3 is 10.1 Å². The number of amides is 1. The second-order valence-corrected chi connectivity index (χ2v) is 6.40. The molecule has 1 aromatic carbocycles. The maximum atomic E-state index is 12.0. The molecule has 0 bridgehead atoms. The van der Waals surface area contributed by atoms with Crippen molar-refractivity contribution >= 4 is 23.2 Å². The number of carbonyl (C=O) groups excluding carboxylic acids is 2. The van der Waals surface area contributed by atoms with Gasteiger partial charge >= 0.3 is 5.97 Å². The van der Waals surface area contributed by atoms with E-state index in [1.165, 1.54) is 18.4 Å². The number of carbonyl (C=O) groups is 2. The molecule has 0 aliphatic carbocycles. The molecular formula is C18H17N3O3S. The van der Waals surface area contributed by atoms with E-state index >= 15 is 0 Å². The van der Waals surface area contributed by atoms with Crippen LogP contribution in [0.25, 0.3) is 10.6 Å². The summed E-state index contributed by atoms with van der Waals surface area (Å²) in [4.78, 5) is 24.9. The van der Waals surface area contributed by atoms with E-state index in [2.05, 4.69) is 10.4 Å². The number of ether oxygens (including phenoxy) is 1. The van der Waals surface area contributed by atoms with E-state index in [0.29, 0.717) is 11.4 Å². The van der Waals surface area contributed by atoms with Crippen molar-refractivity contribution < 1.29 is 14.3 Å². The van der Waals surface area contributed by atoms with Crippen molar-refractivity contribution in [2.45, 2.75) is 13.1 Å².